The number of hydrogen-bond donors (Lipinski definition) is 2. The van der Waals surface area contributed by atoms with Gasteiger partial charge < -0.3 is 15.2 Å². The minimum atomic E-state index is -0.765. The van der Waals surface area contributed by atoms with E-state index in [1.807, 2.05) is 18.2 Å². The summed E-state index contributed by atoms with van der Waals surface area (Å²) >= 11 is 9.55. The second-order valence-electron chi connectivity index (χ2n) is 6.58. The van der Waals surface area contributed by atoms with Gasteiger partial charge in [-0.25, -0.2) is 4.79 Å². The van der Waals surface area contributed by atoms with Gasteiger partial charge >= 0.3 is 6.09 Å². The Labute approximate surface area is 145 Å². The molecule has 124 valence electrons. The first-order valence-electron chi connectivity index (χ1n) is 7.11. The number of carbonyl (C=O) groups is 1. The molecule has 0 heterocycles. The zero-order valence-electron chi connectivity index (χ0n) is 13.4. The molecule has 0 bridgehead atoms. The Kier molecular flexibility index (Phi) is 6.71. The van der Waals surface area contributed by atoms with Gasteiger partial charge in [-0.15, -0.1) is 0 Å². The molecular weight excluding hydrogens is 370 g/mol. The highest BCUT2D eigenvalue weighted by Gasteiger charge is 2.28. The molecule has 4 nitrogen and oxygen atoms in total. The summed E-state index contributed by atoms with van der Waals surface area (Å²) in [6.45, 7) is 6.99. The van der Waals surface area contributed by atoms with Crippen LogP contribution in [0.25, 0.3) is 0 Å². The summed E-state index contributed by atoms with van der Waals surface area (Å²) in [6, 6.07) is 5.67. The van der Waals surface area contributed by atoms with Crippen LogP contribution in [0.3, 0.4) is 0 Å². The number of carbonyl (C=O) groups excluding carboxylic acids is 1. The third kappa shape index (κ3) is 6.55. The molecule has 1 aromatic carbocycles. The Balaban J connectivity index is 2.68. The molecule has 2 N–H and O–H groups in total. The Bertz CT molecular complexity index is 531. The van der Waals surface area contributed by atoms with E-state index >= 15 is 0 Å². The minimum Gasteiger partial charge on any atom is -0.444 e. The number of halogens is 2. The van der Waals surface area contributed by atoms with Gasteiger partial charge in [-0.1, -0.05) is 33.6 Å². The van der Waals surface area contributed by atoms with Crippen LogP contribution in [-0.4, -0.2) is 28.9 Å². The Morgan fingerprint density at radius 2 is 2.00 bits per heavy atom. The second-order valence-corrected chi connectivity index (χ2v) is 7.90. The summed E-state index contributed by atoms with van der Waals surface area (Å²) in [5.74, 6) is 0. The molecular formula is C16H23BrClNO3. The number of ether oxygens (including phenoxy) is 1. The molecule has 1 amide bonds. The molecule has 0 unspecified atom stereocenters. The molecule has 0 aliphatic heterocycles. The third-order valence-electron chi connectivity index (χ3n) is 3.11. The fraction of sp³-hybridized carbons (Fsp3) is 0.562. The van der Waals surface area contributed by atoms with E-state index in [4.69, 9.17) is 16.3 Å². The second kappa shape index (κ2) is 7.66. The lowest BCUT2D eigenvalue weighted by Crippen LogP contribution is -2.50. The number of amides is 1. The third-order valence-corrected chi connectivity index (χ3v) is 3.96. The SMILES string of the molecule is CC(C)(C)OC(=O)N[C@](C)(CO)CCc1ccc(Br)cc1Cl. The van der Waals surface area contributed by atoms with Crippen LogP contribution in [0.4, 0.5) is 4.79 Å². The van der Waals surface area contributed by atoms with Gasteiger partial charge in [-0.2, -0.15) is 0 Å². The largest absolute Gasteiger partial charge is 0.444 e. The maximum Gasteiger partial charge on any atom is 0.408 e. The number of aliphatic hydroxyl groups excluding tert-OH is 1. The molecule has 0 saturated heterocycles. The smallest absolute Gasteiger partial charge is 0.408 e. The van der Waals surface area contributed by atoms with Crippen LogP contribution in [0, 0.1) is 0 Å². The van der Waals surface area contributed by atoms with E-state index in [0.717, 1.165) is 10.0 Å². The highest BCUT2D eigenvalue weighted by Crippen LogP contribution is 2.24. The molecule has 0 aliphatic carbocycles. The summed E-state index contributed by atoms with van der Waals surface area (Å²) < 4.78 is 6.15. The predicted octanol–water partition coefficient (Wildman–Crippen LogP) is 4.31. The van der Waals surface area contributed by atoms with E-state index in [0.29, 0.717) is 17.9 Å². The van der Waals surface area contributed by atoms with Crippen molar-refractivity contribution in [2.75, 3.05) is 6.61 Å². The number of aryl methyl sites for hydroxylation is 1. The average molecular weight is 393 g/mol. The number of aliphatic hydroxyl groups is 1. The first kappa shape index (κ1) is 19.3. The maximum absolute atomic E-state index is 11.9. The van der Waals surface area contributed by atoms with E-state index in [-0.39, 0.29) is 6.61 Å². The van der Waals surface area contributed by atoms with Crippen LogP contribution in [0.1, 0.15) is 39.7 Å². The van der Waals surface area contributed by atoms with E-state index in [9.17, 15) is 9.90 Å². The van der Waals surface area contributed by atoms with Gasteiger partial charge in [0, 0.05) is 9.50 Å². The van der Waals surface area contributed by atoms with E-state index in [1.54, 1.807) is 27.7 Å². The van der Waals surface area contributed by atoms with Gasteiger partial charge in [0.25, 0.3) is 0 Å². The summed E-state index contributed by atoms with van der Waals surface area (Å²) in [7, 11) is 0. The van der Waals surface area contributed by atoms with Crippen LogP contribution < -0.4 is 5.32 Å². The molecule has 0 fully saturated rings. The number of benzene rings is 1. The van der Waals surface area contributed by atoms with Crippen molar-refractivity contribution in [3.05, 3.63) is 33.3 Å². The zero-order chi connectivity index (χ0) is 17.0. The quantitative estimate of drug-likeness (QED) is 0.785. The molecule has 0 saturated carbocycles. The molecule has 1 rings (SSSR count). The van der Waals surface area contributed by atoms with Crippen molar-refractivity contribution in [3.63, 3.8) is 0 Å². The topological polar surface area (TPSA) is 58.6 Å². The lowest BCUT2D eigenvalue weighted by Gasteiger charge is -2.30. The van der Waals surface area contributed by atoms with Gasteiger partial charge in [0.2, 0.25) is 0 Å². The monoisotopic (exact) mass is 391 g/mol. The van der Waals surface area contributed by atoms with Crippen molar-refractivity contribution >= 4 is 33.6 Å². The lowest BCUT2D eigenvalue weighted by atomic mass is 9.94. The fourth-order valence-corrected chi connectivity index (χ4v) is 2.63. The van der Waals surface area contributed by atoms with Crippen LogP contribution in [0.15, 0.2) is 22.7 Å². The zero-order valence-corrected chi connectivity index (χ0v) is 15.7. The van der Waals surface area contributed by atoms with Crippen molar-refractivity contribution in [1.29, 1.82) is 0 Å². The lowest BCUT2D eigenvalue weighted by molar-refractivity contribution is 0.0407. The van der Waals surface area contributed by atoms with Gasteiger partial charge in [0.15, 0.2) is 0 Å². The molecule has 1 atom stereocenters. The summed E-state index contributed by atoms with van der Waals surface area (Å²) in [5, 5.41) is 13.0. The average Bonchev–Trinajstić information content (AvgIpc) is 2.35. The van der Waals surface area contributed by atoms with Crippen molar-refractivity contribution in [1.82, 2.24) is 5.32 Å². The molecule has 0 aromatic heterocycles. The summed E-state index contributed by atoms with van der Waals surface area (Å²) in [4.78, 5) is 11.9. The van der Waals surface area contributed by atoms with Crippen molar-refractivity contribution < 1.29 is 14.6 Å². The van der Waals surface area contributed by atoms with E-state index < -0.39 is 17.2 Å². The van der Waals surface area contributed by atoms with Gasteiger partial charge in [0.05, 0.1) is 12.1 Å². The molecule has 6 heteroatoms. The standard InChI is InChI=1S/C16H23BrClNO3/c1-15(2,3)22-14(21)19-16(4,10-20)8-7-11-5-6-12(17)9-13(11)18/h5-6,9,20H,7-8,10H2,1-4H3,(H,19,21)/t16-/m0/s1. The maximum atomic E-state index is 11.9. The highest BCUT2D eigenvalue weighted by atomic mass is 79.9. The van der Waals surface area contributed by atoms with Gasteiger partial charge in [-0.3, -0.25) is 0 Å². The first-order chi connectivity index (χ1) is 10.0. The van der Waals surface area contributed by atoms with Crippen molar-refractivity contribution in [2.45, 2.75) is 51.7 Å². The number of alkyl carbamates (subject to hydrolysis) is 1. The molecule has 22 heavy (non-hydrogen) atoms. The molecule has 1 aromatic rings. The minimum absolute atomic E-state index is 0.180. The Hall–Kier alpha value is -0.780. The van der Waals surface area contributed by atoms with Crippen molar-refractivity contribution in [3.8, 4) is 0 Å². The van der Waals surface area contributed by atoms with Gasteiger partial charge in [0.1, 0.15) is 5.60 Å². The van der Waals surface area contributed by atoms with Crippen LogP contribution >= 0.6 is 27.5 Å². The first-order valence-corrected chi connectivity index (χ1v) is 8.28. The van der Waals surface area contributed by atoms with Crippen molar-refractivity contribution in [2.24, 2.45) is 0 Å². The van der Waals surface area contributed by atoms with E-state index in [1.165, 1.54) is 0 Å². The Morgan fingerprint density at radius 3 is 2.50 bits per heavy atom. The van der Waals surface area contributed by atoms with Crippen LogP contribution in [-0.2, 0) is 11.2 Å². The van der Waals surface area contributed by atoms with Crippen LogP contribution in [0.2, 0.25) is 5.02 Å². The Morgan fingerprint density at radius 1 is 1.36 bits per heavy atom. The predicted molar refractivity (Wildman–Crippen MR) is 92.3 cm³/mol. The fourth-order valence-electron chi connectivity index (χ4n) is 1.87. The number of nitrogens with one attached hydrogen (secondary N) is 1. The number of rotatable bonds is 5. The summed E-state index contributed by atoms with van der Waals surface area (Å²) in [6.07, 6.45) is 0.647. The van der Waals surface area contributed by atoms with Crippen LogP contribution in [0.5, 0.6) is 0 Å². The highest BCUT2D eigenvalue weighted by molar-refractivity contribution is 9.10. The number of hydrogen-bond acceptors (Lipinski definition) is 3. The van der Waals surface area contributed by atoms with E-state index in [2.05, 4.69) is 21.2 Å². The molecule has 0 spiro atoms. The molecule has 0 aliphatic rings. The van der Waals surface area contributed by atoms with Gasteiger partial charge in [-0.05, 0) is 58.2 Å². The molecule has 0 radical (unpaired) electrons. The summed E-state index contributed by atoms with van der Waals surface area (Å²) in [5.41, 5.74) is -0.371. The normalized spacial score (nSPS) is 14.3.